The first kappa shape index (κ1) is 133. The molecule has 119 heavy (non-hydrogen) atoms. The second kappa shape index (κ2) is 105. The molecule has 1 aliphatic rings. The Hall–Kier alpha value is -8.90. The lowest BCUT2D eigenvalue weighted by Crippen LogP contribution is -2.06. The first-order chi connectivity index (χ1) is 57.3. The van der Waals surface area contributed by atoms with Crippen LogP contribution in [0.1, 0.15) is 427 Å². The molecular formula is C101H182N16O2. The second-order valence-corrected chi connectivity index (χ2v) is 26.0. The van der Waals surface area contributed by atoms with E-state index in [1.807, 2.05) is 262 Å². The highest BCUT2D eigenvalue weighted by Crippen LogP contribution is 2.21. The summed E-state index contributed by atoms with van der Waals surface area (Å²) in [5, 5.41) is 18.7. The van der Waals surface area contributed by atoms with E-state index in [1.165, 1.54) is 28.7 Å². The zero-order valence-electron chi connectivity index (χ0n) is 84.5. The Labute approximate surface area is 734 Å². The highest BCUT2D eigenvalue weighted by atomic mass is 16.5. The van der Waals surface area contributed by atoms with E-state index in [2.05, 4.69) is 239 Å². The first-order valence-electron chi connectivity index (χ1n) is 45.1. The van der Waals surface area contributed by atoms with Gasteiger partial charge in [0.1, 0.15) is 24.2 Å². The van der Waals surface area contributed by atoms with Crippen LogP contribution < -0.4 is 0 Å². The van der Waals surface area contributed by atoms with Gasteiger partial charge in [0.25, 0.3) is 0 Å². The maximum Gasteiger partial charge on any atom is 0.139 e. The molecule has 18 nitrogen and oxygen atoms in total. The van der Waals surface area contributed by atoms with Crippen LogP contribution in [0.5, 0.6) is 0 Å². The molecular weight excluding hydrogens is 1470 g/mol. The fraction of sp³-hybridized carbons (Fsp3) is 0.584. The third-order valence-electron chi connectivity index (χ3n) is 14.1. The van der Waals surface area contributed by atoms with Gasteiger partial charge in [0.05, 0.1) is 23.8 Å². The summed E-state index contributed by atoms with van der Waals surface area (Å²) in [7, 11) is 0. The number of rotatable bonds is 11. The van der Waals surface area contributed by atoms with Crippen LogP contribution in [-0.4, -0.2) is 93.6 Å². The van der Waals surface area contributed by atoms with Crippen molar-refractivity contribution in [1.82, 2.24) is 80.4 Å². The average molecular weight is 1650 g/mol. The molecule has 0 saturated carbocycles. The van der Waals surface area contributed by atoms with Crippen molar-refractivity contribution in [3.8, 4) is 0 Å². The topological polar surface area (TPSA) is 229 Å². The quantitative estimate of drug-likeness (QED) is 0.117. The second-order valence-electron chi connectivity index (χ2n) is 26.0. The third kappa shape index (κ3) is 85.3. The molecule has 1 atom stereocenters. The summed E-state index contributed by atoms with van der Waals surface area (Å²) in [6, 6.07) is 25.7. The minimum atomic E-state index is 0.436. The summed E-state index contributed by atoms with van der Waals surface area (Å²) in [5.41, 5.74) is 9.46. The molecule has 678 valence electrons. The molecule has 10 aromatic rings. The average Bonchev–Trinajstić information content (AvgIpc) is 1.91. The van der Waals surface area contributed by atoms with E-state index in [9.17, 15) is 0 Å². The van der Waals surface area contributed by atoms with Crippen molar-refractivity contribution in [2.75, 3.05) is 13.2 Å². The van der Waals surface area contributed by atoms with E-state index in [0.717, 1.165) is 59.4 Å². The molecule has 0 aliphatic carbocycles. The Morgan fingerprint density at radius 2 is 0.714 bits per heavy atom. The number of hydrogen-bond acceptors (Lipinski definition) is 18. The van der Waals surface area contributed by atoms with Crippen molar-refractivity contribution < 1.29 is 9.26 Å². The molecule has 1 unspecified atom stereocenters. The predicted octanol–water partition coefficient (Wildman–Crippen LogP) is 31.0. The van der Waals surface area contributed by atoms with Crippen molar-refractivity contribution in [1.29, 1.82) is 0 Å². The SMILES string of the molecule is CC.CC.CC.CC.CC.CC.CC.CC.CC.CC.CC.CC(C)C1CCOC1.CC(C)c1ccccn1.CC(C)c1cccnc1.CC(C)c1cccnn1.CC(C)c1ccncc1.CC(C)c1ccncn1.CC(C)c1ccnnc1.CC(C)c1ccno1.CC(C)c1cnccn1.CC(C)c1cncnc1.CC(C)c1ncccn1. The van der Waals surface area contributed by atoms with E-state index in [-0.39, 0.29) is 0 Å². The van der Waals surface area contributed by atoms with Crippen LogP contribution >= 0.6 is 0 Å². The first-order valence-corrected chi connectivity index (χ1v) is 45.1. The Bertz CT molecular complexity index is 2660. The molecule has 0 N–H and O–H groups in total. The van der Waals surface area contributed by atoms with Crippen LogP contribution in [0.15, 0.2) is 201 Å². The summed E-state index contributed by atoms with van der Waals surface area (Å²) in [5.74, 6) is 8.74. The highest BCUT2D eigenvalue weighted by molar-refractivity contribution is 5.15. The maximum atomic E-state index is 5.22. The van der Waals surface area contributed by atoms with Gasteiger partial charge in [0.15, 0.2) is 0 Å². The van der Waals surface area contributed by atoms with Crippen LogP contribution in [0.3, 0.4) is 0 Å². The van der Waals surface area contributed by atoms with E-state index in [4.69, 9.17) is 9.26 Å². The largest absolute Gasteiger partial charge is 0.381 e. The van der Waals surface area contributed by atoms with Gasteiger partial charge in [-0.1, -0.05) is 322 Å². The Morgan fingerprint density at radius 3 is 0.975 bits per heavy atom. The summed E-state index contributed by atoms with van der Waals surface area (Å²) < 4.78 is 10.1. The van der Waals surface area contributed by atoms with Crippen LogP contribution in [0.25, 0.3) is 0 Å². The van der Waals surface area contributed by atoms with Gasteiger partial charge in [-0.15, -0.1) is 0 Å². The van der Waals surface area contributed by atoms with Gasteiger partial charge >= 0.3 is 0 Å². The van der Waals surface area contributed by atoms with Crippen LogP contribution in [0, 0.1) is 11.8 Å². The van der Waals surface area contributed by atoms with E-state index >= 15 is 0 Å². The van der Waals surface area contributed by atoms with E-state index in [1.54, 1.807) is 80.8 Å². The van der Waals surface area contributed by atoms with Crippen LogP contribution in [0.4, 0.5) is 0 Å². The molecule has 0 radical (unpaired) electrons. The lowest BCUT2D eigenvalue weighted by Gasteiger charge is -2.09. The minimum absolute atomic E-state index is 0.436. The highest BCUT2D eigenvalue weighted by Gasteiger charge is 2.18. The van der Waals surface area contributed by atoms with Gasteiger partial charge in [-0.25, -0.2) is 29.9 Å². The zero-order valence-corrected chi connectivity index (χ0v) is 84.5. The Balaban J connectivity index is -0.000000117. The number of ether oxygens (including phenoxy) is 1. The minimum Gasteiger partial charge on any atom is -0.381 e. The monoisotopic (exact) mass is 1650 g/mol. The molecule has 0 amide bonds. The smallest absolute Gasteiger partial charge is 0.139 e. The summed E-state index contributed by atoms with van der Waals surface area (Å²) in [6.45, 7) is 92.9. The van der Waals surface area contributed by atoms with Crippen LogP contribution in [0.2, 0.25) is 0 Å². The van der Waals surface area contributed by atoms with Gasteiger partial charge in [0.2, 0.25) is 0 Å². The van der Waals surface area contributed by atoms with Crippen LogP contribution in [-0.2, 0) is 4.74 Å². The van der Waals surface area contributed by atoms with E-state index in [0.29, 0.717) is 59.2 Å². The zero-order chi connectivity index (χ0) is 94.2. The molecule has 1 aliphatic heterocycles. The molecule has 1 fully saturated rings. The molecule has 11 rings (SSSR count). The summed E-state index contributed by atoms with van der Waals surface area (Å²) in [4.78, 5) is 44.0. The number of hydrogen-bond donors (Lipinski definition) is 0. The number of nitrogens with zero attached hydrogens (tertiary/aromatic N) is 16. The van der Waals surface area contributed by atoms with Gasteiger partial charge < -0.3 is 9.26 Å². The van der Waals surface area contributed by atoms with Gasteiger partial charge in [-0.05, 0) is 149 Å². The summed E-state index contributed by atoms with van der Waals surface area (Å²) in [6.07, 6.45) is 34.6. The fourth-order valence-corrected chi connectivity index (χ4v) is 7.52. The van der Waals surface area contributed by atoms with Crippen molar-refractivity contribution in [2.24, 2.45) is 11.8 Å². The Kier molecular flexibility index (Phi) is 118. The van der Waals surface area contributed by atoms with Crippen molar-refractivity contribution >= 4 is 0 Å². The van der Waals surface area contributed by atoms with Crippen molar-refractivity contribution in [3.05, 3.63) is 253 Å². The fourth-order valence-electron chi connectivity index (χ4n) is 7.52. The summed E-state index contributed by atoms with van der Waals surface area (Å²) >= 11 is 0. The maximum absolute atomic E-state index is 5.22. The number of pyridine rings is 3. The molecule has 0 spiro atoms. The lowest BCUT2D eigenvalue weighted by atomic mass is 9.96. The standard InChI is InChI=1S/3C8H11N.6C7H10N2.C7H14O.C6H9NO.11C2H6/c1-7(2)8-3-5-9-6-4-8;1-7(2)8-4-3-5-9-6-8;1-7(2)8-5-3-4-6-9-8;1-6(2)7-3-8-5-9-4-7;1-6(2)7-5-8-3-4-9-7;1-6(2)7-3-4-8-5-9-7;1-6(2)7-3-4-8-9-5-7;1-6(2)7-8-4-3-5-9-7;1-6(2)7-4-3-5-8-9-7;1-6(2)7-3-4-8-5-7;1-5(2)6-3-4-7-8-6;11*1-2/h3*3-7H,1-2H3;6*3-6H,1-2H3;6-7H,3-5H2,1-2H3;3-5H,1-2H3;11*1-2H3. The van der Waals surface area contributed by atoms with E-state index < -0.39 is 0 Å². The molecule has 1 saturated heterocycles. The van der Waals surface area contributed by atoms with Gasteiger partial charge in [0, 0.05) is 135 Å². The Morgan fingerprint density at radius 1 is 0.269 bits per heavy atom. The third-order valence-corrected chi connectivity index (χ3v) is 14.1. The molecule has 11 heterocycles. The molecule has 0 bridgehead atoms. The lowest BCUT2D eigenvalue weighted by molar-refractivity contribution is 0.176. The predicted molar refractivity (Wildman–Crippen MR) is 521 cm³/mol. The molecule has 0 aromatic carbocycles. The van der Waals surface area contributed by atoms with Gasteiger partial charge in [-0.2, -0.15) is 20.4 Å². The number of aromatic nitrogens is 16. The molecule has 18 heteroatoms. The molecule has 10 aromatic heterocycles. The van der Waals surface area contributed by atoms with Crippen molar-refractivity contribution in [2.45, 2.75) is 370 Å². The van der Waals surface area contributed by atoms with Gasteiger partial charge in [-0.3, -0.25) is 24.9 Å². The normalized spacial score (nSPS) is 10.1. The van der Waals surface area contributed by atoms with Crippen molar-refractivity contribution in [3.63, 3.8) is 0 Å².